The Balaban J connectivity index is 2.06. The van der Waals surface area contributed by atoms with Crippen LogP contribution in [0.2, 0.25) is 5.02 Å². The highest BCUT2D eigenvalue weighted by atomic mass is 35.5. The summed E-state index contributed by atoms with van der Waals surface area (Å²) in [4.78, 5) is 12.1. The van der Waals surface area contributed by atoms with Gasteiger partial charge in [0.25, 0.3) is 0 Å². The molecule has 0 heterocycles. The largest absolute Gasteiger partial charge is 0.294 e. The van der Waals surface area contributed by atoms with Crippen LogP contribution >= 0.6 is 11.6 Å². The molecule has 0 unspecified atom stereocenters. The summed E-state index contributed by atoms with van der Waals surface area (Å²) in [6.45, 7) is 0. The second-order valence-corrected chi connectivity index (χ2v) is 5.08. The molecule has 0 atom stereocenters. The highest BCUT2D eigenvalue weighted by Crippen LogP contribution is 2.21. The van der Waals surface area contributed by atoms with Crippen LogP contribution in [-0.4, -0.2) is 5.78 Å². The number of halogens is 2. The van der Waals surface area contributed by atoms with Gasteiger partial charge in [-0.2, -0.15) is 0 Å². The zero-order chi connectivity index (χ0) is 13.0. The number of Topliss-reactive ketones (excluding diaryl/α,β-unsaturated/α-hetero) is 1. The van der Waals surface area contributed by atoms with Crippen LogP contribution < -0.4 is 0 Å². The van der Waals surface area contributed by atoms with Gasteiger partial charge in [-0.15, -0.1) is 0 Å². The van der Waals surface area contributed by atoms with Crippen molar-refractivity contribution in [2.24, 2.45) is 0 Å². The molecule has 0 amide bonds. The number of hydrogen-bond acceptors (Lipinski definition) is 1. The third-order valence-electron chi connectivity index (χ3n) is 3.25. The first-order valence-electron chi connectivity index (χ1n) is 6.33. The molecule has 0 saturated heterocycles. The Morgan fingerprint density at radius 1 is 1.28 bits per heavy atom. The molecule has 3 heteroatoms. The molecule has 0 aliphatic heterocycles. The number of carbonyl (C=O) groups is 1. The van der Waals surface area contributed by atoms with E-state index in [1.807, 2.05) is 6.08 Å². The van der Waals surface area contributed by atoms with E-state index in [1.165, 1.54) is 18.6 Å². The number of allylic oxidation sites excluding steroid dienone is 2. The molecule has 1 aliphatic carbocycles. The SMILES string of the molecule is O=C(Cc1ccc(Cl)c(F)c1)C1=CCCCCC1. The topological polar surface area (TPSA) is 17.1 Å². The fourth-order valence-corrected chi connectivity index (χ4v) is 2.33. The van der Waals surface area contributed by atoms with Gasteiger partial charge in [0.05, 0.1) is 5.02 Å². The second-order valence-electron chi connectivity index (χ2n) is 4.68. The fourth-order valence-electron chi connectivity index (χ4n) is 2.22. The minimum Gasteiger partial charge on any atom is -0.294 e. The molecule has 1 aliphatic rings. The van der Waals surface area contributed by atoms with Crippen LogP contribution in [0.5, 0.6) is 0 Å². The minimum atomic E-state index is -0.461. The Kier molecular flexibility index (Phi) is 4.54. The first-order valence-corrected chi connectivity index (χ1v) is 6.71. The van der Waals surface area contributed by atoms with E-state index in [0.717, 1.165) is 31.3 Å². The van der Waals surface area contributed by atoms with Gasteiger partial charge < -0.3 is 0 Å². The summed E-state index contributed by atoms with van der Waals surface area (Å²) >= 11 is 5.62. The molecule has 96 valence electrons. The highest BCUT2D eigenvalue weighted by molar-refractivity contribution is 6.30. The molecule has 0 aromatic heterocycles. The van der Waals surface area contributed by atoms with E-state index in [9.17, 15) is 9.18 Å². The standard InChI is InChI=1S/C15H16ClFO/c16-13-8-7-11(9-14(13)17)10-15(18)12-5-3-1-2-4-6-12/h5,7-9H,1-4,6,10H2. The van der Waals surface area contributed by atoms with E-state index in [-0.39, 0.29) is 17.2 Å². The number of hydrogen-bond donors (Lipinski definition) is 0. The average molecular weight is 267 g/mol. The molecule has 2 rings (SSSR count). The van der Waals surface area contributed by atoms with E-state index >= 15 is 0 Å². The molecule has 1 nitrogen and oxygen atoms in total. The van der Waals surface area contributed by atoms with E-state index in [1.54, 1.807) is 6.07 Å². The molecule has 0 fully saturated rings. The Morgan fingerprint density at radius 2 is 2.11 bits per heavy atom. The van der Waals surface area contributed by atoms with Crippen molar-refractivity contribution in [1.82, 2.24) is 0 Å². The number of carbonyl (C=O) groups excluding carboxylic acids is 1. The zero-order valence-electron chi connectivity index (χ0n) is 10.2. The lowest BCUT2D eigenvalue weighted by molar-refractivity contribution is -0.115. The van der Waals surface area contributed by atoms with E-state index in [4.69, 9.17) is 11.6 Å². The molecule has 1 aromatic carbocycles. The van der Waals surface area contributed by atoms with E-state index in [2.05, 4.69) is 0 Å². The summed E-state index contributed by atoms with van der Waals surface area (Å²) in [7, 11) is 0. The van der Waals surface area contributed by atoms with Crippen LogP contribution in [0.4, 0.5) is 4.39 Å². The van der Waals surface area contributed by atoms with Crippen LogP contribution in [0.15, 0.2) is 29.8 Å². The van der Waals surface area contributed by atoms with Crippen molar-refractivity contribution in [3.63, 3.8) is 0 Å². The monoisotopic (exact) mass is 266 g/mol. The summed E-state index contributed by atoms with van der Waals surface area (Å²) in [5.74, 6) is -0.351. The lowest BCUT2D eigenvalue weighted by Crippen LogP contribution is -2.06. The van der Waals surface area contributed by atoms with Crippen molar-refractivity contribution >= 4 is 17.4 Å². The van der Waals surface area contributed by atoms with Crippen LogP contribution in [-0.2, 0) is 11.2 Å². The number of rotatable bonds is 3. The van der Waals surface area contributed by atoms with Gasteiger partial charge in [0, 0.05) is 6.42 Å². The zero-order valence-corrected chi connectivity index (χ0v) is 11.0. The van der Waals surface area contributed by atoms with Crippen molar-refractivity contribution in [1.29, 1.82) is 0 Å². The molecule has 18 heavy (non-hydrogen) atoms. The quantitative estimate of drug-likeness (QED) is 0.788. The van der Waals surface area contributed by atoms with Gasteiger partial charge in [-0.3, -0.25) is 4.79 Å². The number of ketones is 1. The maximum atomic E-state index is 13.3. The molecular formula is C15H16ClFO. The maximum Gasteiger partial charge on any atom is 0.162 e. The smallest absolute Gasteiger partial charge is 0.162 e. The van der Waals surface area contributed by atoms with Gasteiger partial charge in [0.1, 0.15) is 5.82 Å². The minimum absolute atomic E-state index is 0.0971. The summed E-state index contributed by atoms with van der Waals surface area (Å²) in [6, 6.07) is 4.55. The van der Waals surface area contributed by atoms with E-state index < -0.39 is 5.82 Å². The lowest BCUT2D eigenvalue weighted by Gasteiger charge is -2.05. The molecular weight excluding hydrogens is 251 g/mol. The van der Waals surface area contributed by atoms with Crippen LogP contribution in [0.1, 0.15) is 37.7 Å². The van der Waals surface area contributed by atoms with E-state index in [0.29, 0.717) is 5.56 Å². The van der Waals surface area contributed by atoms with Crippen LogP contribution in [0.3, 0.4) is 0 Å². The summed E-state index contributed by atoms with van der Waals surface area (Å²) in [5.41, 5.74) is 1.59. The van der Waals surface area contributed by atoms with Crippen LogP contribution in [0, 0.1) is 5.82 Å². The fraction of sp³-hybridized carbons (Fsp3) is 0.400. The van der Waals surface area contributed by atoms with Gasteiger partial charge >= 0.3 is 0 Å². The number of benzene rings is 1. The molecule has 0 saturated carbocycles. The van der Waals surface area contributed by atoms with Crippen molar-refractivity contribution in [3.8, 4) is 0 Å². The summed E-state index contributed by atoms with van der Waals surface area (Å²) < 4.78 is 13.3. The van der Waals surface area contributed by atoms with Crippen molar-refractivity contribution in [2.75, 3.05) is 0 Å². The normalized spacial score (nSPS) is 16.0. The Hall–Kier alpha value is -1.15. The maximum absolute atomic E-state index is 13.3. The Morgan fingerprint density at radius 3 is 2.89 bits per heavy atom. The average Bonchev–Trinajstić information content (AvgIpc) is 2.62. The second kappa shape index (κ2) is 6.14. The lowest BCUT2D eigenvalue weighted by atomic mass is 9.99. The predicted octanol–water partition coefficient (Wildman–Crippen LogP) is 4.48. The summed E-state index contributed by atoms with van der Waals surface area (Å²) in [6.07, 6.45) is 7.56. The van der Waals surface area contributed by atoms with Gasteiger partial charge in [0.2, 0.25) is 0 Å². The Bertz CT molecular complexity index is 479. The molecule has 0 spiro atoms. The first kappa shape index (κ1) is 13.3. The summed E-state index contributed by atoms with van der Waals surface area (Å²) in [5, 5.41) is 0.0971. The van der Waals surface area contributed by atoms with Gasteiger partial charge in [-0.25, -0.2) is 4.39 Å². The highest BCUT2D eigenvalue weighted by Gasteiger charge is 2.13. The van der Waals surface area contributed by atoms with Gasteiger partial charge in [-0.1, -0.05) is 30.2 Å². The van der Waals surface area contributed by atoms with Crippen molar-refractivity contribution in [2.45, 2.75) is 38.5 Å². The third-order valence-corrected chi connectivity index (χ3v) is 3.55. The van der Waals surface area contributed by atoms with Crippen molar-refractivity contribution in [3.05, 3.63) is 46.3 Å². The van der Waals surface area contributed by atoms with Gasteiger partial charge in [0.15, 0.2) is 5.78 Å². The first-order chi connectivity index (χ1) is 8.66. The third kappa shape index (κ3) is 3.42. The van der Waals surface area contributed by atoms with Crippen LogP contribution in [0.25, 0.3) is 0 Å². The molecule has 0 N–H and O–H groups in total. The predicted molar refractivity (Wildman–Crippen MR) is 71.3 cm³/mol. The molecule has 1 aromatic rings. The van der Waals surface area contributed by atoms with Crippen molar-refractivity contribution < 1.29 is 9.18 Å². The molecule has 0 bridgehead atoms. The Labute approximate surface area is 112 Å². The molecule has 0 radical (unpaired) electrons. The van der Waals surface area contributed by atoms with Gasteiger partial charge in [-0.05, 0) is 49.0 Å².